The number of hydrogen-bond acceptors (Lipinski definition) is 19. The first-order valence-electron chi connectivity index (χ1n) is 44.1. The average Bonchev–Trinajstić information content (AvgIpc) is 1.63. The second kappa shape index (κ2) is 48.8. The summed E-state index contributed by atoms with van der Waals surface area (Å²) >= 11 is 29.7. The maximum Gasteiger partial charge on any atom is 0.295 e. The van der Waals surface area contributed by atoms with Gasteiger partial charge in [0.15, 0.2) is 34.8 Å². The molecule has 7 aromatic heterocycles. The number of para-hydroxylation sites is 2. The number of hydrogen-bond donors (Lipinski definition) is 4. The van der Waals surface area contributed by atoms with Gasteiger partial charge in [-0.1, -0.05) is 198 Å². The number of nitrogens with one attached hydrogen (secondary N) is 4. The molecular formula is C102H82Cl5F7N24O7. The quantitative estimate of drug-likeness (QED) is 0.0250. The predicted octanol–water partition coefficient (Wildman–Crippen LogP) is 19.9. The summed E-state index contributed by atoms with van der Waals surface area (Å²) in [6.45, 7) is 5.77. The van der Waals surface area contributed by atoms with Crippen LogP contribution in [0, 0.1) is 59.0 Å². The monoisotopic (exact) mass is 2060 g/mol. The maximum atomic E-state index is 14.7. The molecule has 19 rings (SSSR count). The van der Waals surface area contributed by atoms with Crippen LogP contribution in [0.2, 0.25) is 25.1 Å². The molecule has 18 aromatic rings. The summed E-state index contributed by atoms with van der Waals surface area (Å²) in [5.74, 6) is -7.99. The summed E-state index contributed by atoms with van der Waals surface area (Å²) in [5, 5.41) is 39.1. The van der Waals surface area contributed by atoms with Crippen molar-refractivity contribution in [2.45, 2.75) is 72.2 Å². The number of fused-ring (bicyclic) bond motifs is 2. The number of aromatic nitrogens is 18. The van der Waals surface area contributed by atoms with E-state index >= 15 is 0 Å². The first-order valence-corrected chi connectivity index (χ1v) is 46.0. The lowest BCUT2D eigenvalue weighted by atomic mass is 10.0. The number of benzene rings is 11. The number of imidazole rings is 2. The summed E-state index contributed by atoms with van der Waals surface area (Å²) in [6, 6.07) is 67.6. The minimum Gasteiger partial charge on any atom is -0.382 e. The highest BCUT2D eigenvalue weighted by molar-refractivity contribution is 6.33. The number of methoxy groups -OCH3 is 1. The van der Waals surface area contributed by atoms with Gasteiger partial charge in [-0.05, 0) is 149 Å². The van der Waals surface area contributed by atoms with Gasteiger partial charge in [0.05, 0.1) is 142 Å². The minimum absolute atomic E-state index is 0.0127. The number of nitriles is 1. The fraction of sp³-hybridized carbons (Fsp3) is 0.147. The minimum atomic E-state index is -0.773. The molecular weight excluding hydrogens is 1980 g/mol. The highest BCUT2D eigenvalue weighted by atomic mass is 35.5. The third-order valence-corrected chi connectivity index (χ3v) is 23.1. The second-order valence-corrected chi connectivity index (χ2v) is 34.2. The molecule has 4 N–H and O–H groups in total. The fourth-order valence-corrected chi connectivity index (χ4v) is 15.9. The Morgan fingerprint density at radius 3 is 1.32 bits per heavy atom. The Morgan fingerprint density at radius 1 is 0.428 bits per heavy atom. The molecule has 0 fully saturated rings. The van der Waals surface area contributed by atoms with E-state index in [4.69, 9.17) is 72.7 Å². The zero-order valence-electron chi connectivity index (χ0n) is 76.6. The zero-order chi connectivity index (χ0) is 102. The van der Waals surface area contributed by atoms with Crippen molar-refractivity contribution in [3.05, 3.63) is 437 Å². The molecule has 1 aliphatic heterocycles. The molecule has 736 valence electrons. The number of carbonyl (C=O) groups excluding carboxylic acids is 5. The average molecular weight is 2070 g/mol. The molecule has 31 nitrogen and oxygen atoms in total. The van der Waals surface area contributed by atoms with Crippen molar-refractivity contribution < 1.29 is 64.2 Å². The number of halogens is 12. The van der Waals surface area contributed by atoms with Gasteiger partial charge in [-0.3, -0.25) is 28.7 Å². The molecule has 0 aliphatic carbocycles. The highest BCUT2D eigenvalue weighted by Crippen LogP contribution is 2.35. The number of ether oxygens (including phenoxy) is 2. The third kappa shape index (κ3) is 27.3. The molecule has 0 spiro atoms. The van der Waals surface area contributed by atoms with Crippen LogP contribution in [0.4, 0.5) is 59.2 Å². The van der Waals surface area contributed by atoms with Crippen molar-refractivity contribution in [2.24, 2.45) is 0 Å². The Morgan fingerprint density at radius 2 is 0.862 bits per heavy atom. The van der Waals surface area contributed by atoms with Gasteiger partial charge in [0.25, 0.3) is 29.5 Å². The van der Waals surface area contributed by atoms with E-state index in [1.807, 2.05) is 161 Å². The van der Waals surface area contributed by atoms with Gasteiger partial charge in [-0.2, -0.15) is 10.4 Å². The normalized spacial score (nSPS) is 11.4. The van der Waals surface area contributed by atoms with Crippen molar-refractivity contribution in [1.29, 1.82) is 5.26 Å². The van der Waals surface area contributed by atoms with Gasteiger partial charge in [-0.25, -0.2) is 79.4 Å². The largest absolute Gasteiger partial charge is 0.382 e. The Balaban J connectivity index is 0.000000137. The molecule has 43 heteroatoms. The lowest BCUT2D eigenvalue weighted by Crippen LogP contribution is -2.38. The molecule has 5 amide bonds. The Kier molecular flexibility index (Phi) is 34.7. The van der Waals surface area contributed by atoms with Gasteiger partial charge in [0, 0.05) is 56.0 Å². The first-order chi connectivity index (χ1) is 70.1. The van der Waals surface area contributed by atoms with Crippen LogP contribution >= 0.6 is 58.0 Å². The standard InChI is InChI=1S/C24H18ClFN6O.C20H15ClF3N3O.C20H16ClFN6O.C20H20ClFN4O3.C18H13ClFN5O/c25-18-10-17(12-31-14-27-19-8-4-5-9-21(19)31)11-20(22(18)26)29-24(33)23-28-15-32(30-23)13-16-6-2-1-3-7-16;1-11-14-7-8-26(17-4-2-3-15(21)18(17)24)20(28)19(14)25-27(11)10-12-9-13(22)5-6-16(12)23;21-16-8-15(10-27-7-6-23-12-27)9-17(18(16)22)25-20(29)19-24-13-28(26-19)11-14-4-2-1-3-5-14;1-28-7-8-29-12-15-9-16(21)18(22)17(10-15)24-20(27)19-23-13-26(25-19)11-14-5-3-2-4-6-14;19-14-8-13(6-7-21)9-15(16(14)20)23-18(26)17-22-11-25(24-17)10-12-4-2-1-3-5-12/h1-11,14-15H,12-13H2,(H,29,33);2-6,9H,7-8,10H2,1H3;1-9,12-13H,10-11H2,(H,25,29);2-6,9-10,13H,7-8,11-12H2,1H3,(H,24,27);1-5,8-9,11H,6,10H2,(H,23,26). The van der Waals surface area contributed by atoms with Crippen LogP contribution in [0.1, 0.15) is 114 Å². The van der Waals surface area contributed by atoms with Crippen molar-refractivity contribution >= 4 is 127 Å². The zero-order valence-corrected chi connectivity index (χ0v) is 80.4. The van der Waals surface area contributed by atoms with E-state index in [0.717, 1.165) is 57.0 Å². The van der Waals surface area contributed by atoms with E-state index in [1.165, 1.54) is 98.9 Å². The Labute approximate surface area is 847 Å². The molecule has 0 bridgehead atoms. The Bertz CT molecular complexity index is 7690. The molecule has 0 saturated heterocycles. The highest BCUT2D eigenvalue weighted by Gasteiger charge is 2.34. The first kappa shape index (κ1) is 103. The summed E-state index contributed by atoms with van der Waals surface area (Å²) in [6.07, 6.45) is 13.1. The third-order valence-electron chi connectivity index (χ3n) is 21.8. The predicted molar refractivity (Wildman–Crippen MR) is 530 cm³/mol. The van der Waals surface area contributed by atoms with Crippen molar-refractivity contribution in [1.82, 2.24) is 87.9 Å². The van der Waals surface area contributed by atoms with E-state index in [0.29, 0.717) is 86.9 Å². The molecule has 8 heterocycles. The Hall–Kier alpha value is -16.4. The van der Waals surface area contributed by atoms with Crippen LogP contribution in [-0.2, 0) is 74.7 Å². The van der Waals surface area contributed by atoms with Crippen LogP contribution in [-0.4, -0.2) is 144 Å². The van der Waals surface area contributed by atoms with E-state index in [-0.39, 0.29) is 114 Å². The van der Waals surface area contributed by atoms with Gasteiger partial charge < -0.3 is 44.8 Å². The lowest BCUT2D eigenvalue weighted by molar-refractivity contribution is 0.0616. The van der Waals surface area contributed by atoms with Crippen LogP contribution < -0.4 is 26.2 Å². The van der Waals surface area contributed by atoms with Crippen molar-refractivity contribution in [3.63, 3.8) is 0 Å². The second-order valence-electron chi connectivity index (χ2n) is 32.1. The number of carbonyl (C=O) groups is 5. The van der Waals surface area contributed by atoms with E-state index in [2.05, 4.69) is 76.7 Å². The van der Waals surface area contributed by atoms with Crippen LogP contribution in [0.25, 0.3) is 11.0 Å². The van der Waals surface area contributed by atoms with E-state index in [9.17, 15) is 54.7 Å². The summed E-state index contributed by atoms with van der Waals surface area (Å²) in [5.41, 5.74) is 9.97. The molecule has 0 atom stereocenters. The summed E-state index contributed by atoms with van der Waals surface area (Å²) < 4.78 is 121. The fourth-order valence-electron chi connectivity index (χ4n) is 14.8. The topological polar surface area (TPSA) is 355 Å². The molecule has 0 unspecified atom stereocenters. The SMILES string of the molecule is COCCOCc1cc(Cl)c(F)c(NC(=O)c2ncn(Cc3ccccc3)n2)c1.Cc1c2c(nn1Cc1cc(F)ccc1F)C(=O)N(c1cccc(Cl)c1F)CC2.N#CCc1cc(Cl)c(F)c(NC(=O)c2ncn(Cc3ccccc3)n2)c1.O=C(Nc1cc(Cn2ccnc2)cc(Cl)c1F)c1ncn(Cc2ccccc2)n1.O=C(Nc1cc(Cn2cnc3ccccc32)cc(Cl)c1F)c1ncn(Cc2ccccc2)n1. The number of nitrogens with zero attached hydrogens (tertiary/aromatic N) is 20. The summed E-state index contributed by atoms with van der Waals surface area (Å²) in [7, 11) is 1.57. The molecule has 145 heavy (non-hydrogen) atoms. The molecule has 1 aliphatic rings. The number of rotatable bonds is 29. The van der Waals surface area contributed by atoms with Gasteiger partial charge >= 0.3 is 0 Å². The summed E-state index contributed by atoms with van der Waals surface area (Å²) in [4.78, 5) is 88.5. The molecule has 0 saturated carbocycles. The smallest absolute Gasteiger partial charge is 0.295 e. The van der Waals surface area contributed by atoms with E-state index < -0.39 is 70.3 Å². The molecule has 0 radical (unpaired) electrons. The van der Waals surface area contributed by atoms with Crippen molar-refractivity contribution in [3.8, 4) is 6.07 Å². The van der Waals surface area contributed by atoms with Crippen molar-refractivity contribution in [2.75, 3.05) is 53.0 Å². The van der Waals surface area contributed by atoms with Crippen LogP contribution in [0.15, 0.2) is 281 Å². The van der Waals surface area contributed by atoms with Gasteiger partial charge in [-0.15, -0.1) is 20.4 Å². The van der Waals surface area contributed by atoms with Crippen LogP contribution in [0.5, 0.6) is 0 Å². The maximum absolute atomic E-state index is 14.7. The van der Waals surface area contributed by atoms with E-state index in [1.54, 1.807) is 60.6 Å². The number of amides is 5. The lowest BCUT2D eigenvalue weighted by Gasteiger charge is -2.26. The van der Waals surface area contributed by atoms with Gasteiger partial charge in [0.2, 0.25) is 23.3 Å². The van der Waals surface area contributed by atoms with Gasteiger partial charge in [0.1, 0.15) is 36.9 Å². The number of anilines is 5. The molecule has 11 aromatic carbocycles. The van der Waals surface area contributed by atoms with Crippen LogP contribution in [0.3, 0.4) is 0 Å².